The number of aromatic nitrogens is 1. The Hall–Kier alpha value is -2.84. The Morgan fingerprint density at radius 1 is 1.18 bits per heavy atom. The highest BCUT2D eigenvalue weighted by Gasteiger charge is 2.13. The van der Waals surface area contributed by atoms with E-state index in [1.807, 2.05) is 12.1 Å². The fourth-order valence-electron chi connectivity index (χ4n) is 2.78. The normalized spacial score (nSPS) is 13.7. The minimum absolute atomic E-state index is 0.191. The smallest absolute Gasteiger partial charge is 0.319 e. The quantitative estimate of drug-likeness (QED) is 0.713. The largest absolute Gasteiger partial charge is 0.378 e. The number of halogens is 1. The van der Waals surface area contributed by atoms with Crippen molar-refractivity contribution in [3.8, 4) is 0 Å². The molecule has 8 nitrogen and oxygen atoms in total. The molecule has 1 saturated heterocycles. The molecular formula is C19H22ClN5O3. The molecule has 0 radical (unpaired) electrons. The van der Waals surface area contributed by atoms with Crippen molar-refractivity contribution < 1.29 is 14.3 Å². The summed E-state index contributed by atoms with van der Waals surface area (Å²) in [6, 6.07) is 8.33. The topological polar surface area (TPSA) is 95.6 Å². The zero-order valence-corrected chi connectivity index (χ0v) is 16.3. The second-order valence-corrected chi connectivity index (χ2v) is 6.71. The van der Waals surface area contributed by atoms with Crippen LogP contribution in [0.2, 0.25) is 5.02 Å². The molecule has 0 unspecified atom stereocenters. The highest BCUT2D eigenvalue weighted by molar-refractivity contribution is 6.34. The van der Waals surface area contributed by atoms with Crippen molar-refractivity contribution in [2.45, 2.75) is 13.5 Å². The molecule has 0 saturated carbocycles. The van der Waals surface area contributed by atoms with Crippen LogP contribution in [-0.4, -0.2) is 43.2 Å². The van der Waals surface area contributed by atoms with E-state index in [1.54, 1.807) is 24.4 Å². The minimum atomic E-state index is -0.376. The van der Waals surface area contributed by atoms with Gasteiger partial charge in [0.25, 0.3) is 0 Å². The molecule has 3 amide bonds. The van der Waals surface area contributed by atoms with Gasteiger partial charge in [0.05, 0.1) is 23.9 Å². The van der Waals surface area contributed by atoms with E-state index >= 15 is 0 Å². The first kappa shape index (κ1) is 19.9. The number of benzene rings is 1. The summed E-state index contributed by atoms with van der Waals surface area (Å²) in [7, 11) is 0. The van der Waals surface area contributed by atoms with Crippen molar-refractivity contribution >= 4 is 40.7 Å². The lowest BCUT2D eigenvalue weighted by atomic mass is 10.2. The molecule has 1 aromatic heterocycles. The molecule has 3 N–H and O–H groups in total. The Kier molecular flexibility index (Phi) is 6.67. The summed E-state index contributed by atoms with van der Waals surface area (Å²) in [5.41, 5.74) is 1.96. The van der Waals surface area contributed by atoms with Gasteiger partial charge in [0.1, 0.15) is 5.82 Å². The van der Waals surface area contributed by atoms with Gasteiger partial charge in [0, 0.05) is 38.4 Å². The van der Waals surface area contributed by atoms with Crippen LogP contribution in [0.15, 0.2) is 36.5 Å². The summed E-state index contributed by atoms with van der Waals surface area (Å²) < 4.78 is 5.36. The van der Waals surface area contributed by atoms with Crippen molar-refractivity contribution in [3.63, 3.8) is 0 Å². The minimum Gasteiger partial charge on any atom is -0.378 e. The SMILES string of the molecule is CC(=O)Nc1ccc(NC(=O)NCc2ccnc(N3CCOCC3)c2)c(Cl)c1. The van der Waals surface area contributed by atoms with Gasteiger partial charge in [-0.1, -0.05) is 11.6 Å². The van der Waals surface area contributed by atoms with Crippen LogP contribution in [0, 0.1) is 0 Å². The van der Waals surface area contributed by atoms with Crippen LogP contribution in [-0.2, 0) is 16.1 Å². The molecule has 148 valence electrons. The predicted molar refractivity (Wildman–Crippen MR) is 109 cm³/mol. The number of amides is 3. The zero-order valence-electron chi connectivity index (χ0n) is 15.5. The van der Waals surface area contributed by atoms with Crippen molar-refractivity contribution in [2.24, 2.45) is 0 Å². The van der Waals surface area contributed by atoms with Crippen LogP contribution in [0.5, 0.6) is 0 Å². The van der Waals surface area contributed by atoms with Gasteiger partial charge in [-0.2, -0.15) is 0 Å². The Labute approximate surface area is 168 Å². The van der Waals surface area contributed by atoms with Crippen molar-refractivity contribution in [1.82, 2.24) is 10.3 Å². The van der Waals surface area contributed by atoms with Gasteiger partial charge in [-0.3, -0.25) is 4.79 Å². The third-order valence-corrected chi connectivity index (χ3v) is 4.45. The molecule has 2 aromatic rings. The number of carbonyl (C=O) groups excluding carboxylic acids is 2. The lowest BCUT2D eigenvalue weighted by Crippen LogP contribution is -2.36. The Balaban J connectivity index is 1.55. The maximum atomic E-state index is 12.2. The molecule has 28 heavy (non-hydrogen) atoms. The number of nitrogens with zero attached hydrogens (tertiary/aromatic N) is 2. The van der Waals surface area contributed by atoms with Crippen LogP contribution < -0.4 is 20.9 Å². The van der Waals surface area contributed by atoms with Crippen LogP contribution in [0.3, 0.4) is 0 Å². The Bertz CT molecular complexity index is 855. The van der Waals surface area contributed by atoms with Gasteiger partial charge in [0.2, 0.25) is 5.91 Å². The number of urea groups is 1. The molecule has 9 heteroatoms. The lowest BCUT2D eigenvalue weighted by molar-refractivity contribution is -0.114. The summed E-state index contributed by atoms with van der Waals surface area (Å²) >= 11 is 6.16. The fraction of sp³-hybridized carbons (Fsp3) is 0.316. The number of ether oxygens (including phenoxy) is 1. The van der Waals surface area contributed by atoms with Crippen molar-refractivity contribution in [3.05, 3.63) is 47.1 Å². The predicted octanol–water partition coefficient (Wildman–Crippen LogP) is 2.85. The first-order chi connectivity index (χ1) is 13.5. The average Bonchev–Trinajstić information content (AvgIpc) is 2.69. The molecule has 0 aliphatic carbocycles. The highest BCUT2D eigenvalue weighted by atomic mass is 35.5. The monoisotopic (exact) mass is 403 g/mol. The number of pyridine rings is 1. The number of hydrogen-bond acceptors (Lipinski definition) is 5. The number of hydrogen-bond donors (Lipinski definition) is 3. The maximum Gasteiger partial charge on any atom is 0.319 e. The lowest BCUT2D eigenvalue weighted by Gasteiger charge is -2.28. The first-order valence-corrected chi connectivity index (χ1v) is 9.28. The molecule has 3 rings (SSSR count). The van der Waals surface area contributed by atoms with E-state index in [-0.39, 0.29) is 11.9 Å². The van der Waals surface area contributed by atoms with Gasteiger partial charge in [0.15, 0.2) is 0 Å². The summed E-state index contributed by atoms with van der Waals surface area (Å²) in [6.45, 7) is 4.75. The second-order valence-electron chi connectivity index (χ2n) is 6.31. The molecule has 2 heterocycles. The standard InChI is InChI=1S/C19H22ClN5O3/c1-13(26)23-15-2-3-17(16(20)11-15)24-19(27)22-12-14-4-5-21-18(10-14)25-6-8-28-9-7-25/h2-5,10-11H,6-9,12H2,1H3,(H,23,26)(H2,22,24,27). The van der Waals surface area contributed by atoms with Gasteiger partial charge >= 0.3 is 6.03 Å². The van der Waals surface area contributed by atoms with Gasteiger partial charge in [-0.05, 0) is 35.9 Å². The van der Waals surface area contributed by atoms with Gasteiger partial charge < -0.3 is 25.6 Å². The van der Waals surface area contributed by atoms with Crippen LogP contribution in [0.4, 0.5) is 22.0 Å². The Morgan fingerprint density at radius 2 is 1.96 bits per heavy atom. The number of rotatable bonds is 5. The first-order valence-electron chi connectivity index (χ1n) is 8.91. The average molecular weight is 404 g/mol. The van der Waals surface area contributed by atoms with Gasteiger partial charge in [-0.25, -0.2) is 9.78 Å². The molecule has 1 fully saturated rings. The number of nitrogens with one attached hydrogen (secondary N) is 3. The van der Waals surface area contributed by atoms with E-state index in [9.17, 15) is 9.59 Å². The van der Waals surface area contributed by atoms with E-state index in [1.165, 1.54) is 6.92 Å². The summed E-state index contributed by atoms with van der Waals surface area (Å²) in [5.74, 6) is 0.683. The summed E-state index contributed by atoms with van der Waals surface area (Å²) in [5, 5.41) is 8.47. The zero-order chi connectivity index (χ0) is 19.9. The second kappa shape index (κ2) is 9.38. The van der Waals surface area contributed by atoms with E-state index in [2.05, 4.69) is 25.8 Å². The molecule has 0 bridgehead atoms. The molecule has 0 atom stereocenters. The maximum absolute atomic E-state index is 12.2. The molecule has 1 aliphatic rings. The van der Waals surface area contributed by atoms with Gasteiger partial charge in [-0.15, -0.1) is 0 Å². The number of anilines is 3. The Morgan fingerprint density at radius 3 is 2.68 bits per heavy atom. The van der Waals surface area contributed by atoms with E-state index in [4.69, 9.17) is 16.3 Å². The molecule has 1 aliphatic heterocycles. The third kappa shape index (κ3) is 5.58. The van der Waals surface area contributed by atoms with Crippen LogP contribution >= 0.6 is 11.6 Å². The van der Waals surface area contributed by atoms with Crippen LogP contribution in [0.25, 0.3) is 0 Å². The summed E-state index contributed by atoms with van der Waals surface area (Å²) in [4.78, 5) is 29.8. The van der Waals surface area contributed by atoms with Crippen molar-refractivity contribution in [2.75, 3.05) is 41.8 Å². The van der Waals surface area contributed by atoms with E-state index < -0.39 is 0 Å². The third-order valence-electron chi connectivity index (χ3n) is 4.14. The van der Waals surface area contributed by atoms with Crippen LogP contribution in [0.1, 0.15) is 12.5 Å². The molecule has 1 aromatic carbocycles. The highest BCUT2D eigenvalue weighted by Crippen LogP contribution is 2.25. The fourth-order valence-corrected chi connectivity index (χ4v) is 3.01. The molecule has 0 spiro atoms. The molecular weight excluding hydrogens is 382 g/mol. The summed E-state index contributed by atoms with van der Waals surface area (Å²) in [6.07, 6.45) is 1.73. The number of carbonyl (C=O) groups is 2. The number of morpholine rings is 1. The van der Waals surface area contributed by atoms with E-state index in [0.717, 1.165) is 24.5 Å². The van der Waals surface area contributed by atoms with Crippen molar-refractivity contribution in [1.29, 1.82) is 0 Å². The van der Waals surface area contributed by atoms with E-state index in [0.29, 0.717) is 36.2 Å².